The second kappa shape index (κ2) is 11.7. The summed E-state index contributed by atoms with van der Waals surface area (Å²) in [5, 5.41) is 7.04. The van der Waals surface area contributed by atoms with Crippen LogP contribution in [0.25, 0.3) is 10.9 Å². The van der Waals surface area contributed by atoms with Gasteiger partial charge in [0.25, 0.3) is 0 Å². The van der Waals surface area contributed by atoms with E-state index in [1.54, 1.807) is 0 Å². The molecule has 1 aliphatic heterocycles. The molecule has 32 heavy (non-hydrogen) atoms. The van der Waals surface area contributed by atoms with Crippen LogP contribution in [-0.2, 0) is 27.3 Å². The second-order valence-electron chi connectivity index (χ2n) is 8.85. The molecule has 0 spiro atoms. The van der Waals surface area contributed by atoms with Gasteiger partial charge >= 0.3 is 0 Å². The summed E-state index contributed by atoms with van der Waals surface area (Å²) < 4.78 is 2.26. The molecule has 4 N–H and O–H groups in total. The minimum atomic E-state index is -0.697. The summed E-state index contributed by atoms with van der Waals surface area (Å²) in [6, 6.07) is 7.51. The van der Waals surface area contributed by atoms with Crippen molar-refractivity contribution in [1.82, 2.24) is 15.2 Å². The maximum atomic E-state index is 13.1. The van der Waals surface area contributed by atoms with Crippen LogP contribution in [0.1, 0.15) is 63.9 Å². The largest absolute Gasteiger partial charge is 0.370 e. The minimum Gasteiger partial charge on any atom is -0.370 e. The standard InChI is InChI=1S/C25H36N4O3/c1-2-10-18(16-23(26)30)24(31)28-21-15-19-17-29(22-12-7-6-11-20(19)22)14-9-5-3-4-8-13-27-25(21)32/h6-7,11-12,17-18,21H,2-5,8-10,13-16H2,1H3,(H2,26,30)(H,27,32)(H,28,31). The number of aryl methyl sites for hydroxylation is 1. The lowest BCUT2D eigenvalue weighted by Crippen LogP contribution is -2.50. The highest BCUT2D eigenvalue weighted by atomic mass is 16.2. The number of nitrogens with zero attached hydrogens (tertiary/aromatic N) is 1. The van der Waals surface area contributed by atoms with Crippen molar-refractivity contribution >= 4 is 28.6 Å². The Bertz CT molecular complexity index is 936. The van der Waals surface area contributed by atoms with Crippen LogP contribution in [0.5, 0.6) is 0 Å². The Kier molecular flexibility index (Phi) is 8.71. The summed E-state index contributed by atoms with van der Waals surface area (Å²) in [5.74, 6) is -1.48. The van der Waals surface area contributed by atoms with Gasteiger partial charge in [-0.05, 0) is 30.9 Å². The van der Waals surface area contributed by atoms with Gasteiger partial charge in [-0.15, -0.1) is 0 Å². The zero-order valence-electron chi connectivity index (χ0n) is 19.1. The fourth-order valence-corrected chi connectivity index (χ4v) is 4.58. The van der Waals surface area contributed by atoms with Gasteiger partial charge in [-0.25, -0.2) is 0 Å². The number of benzene rings is 1. The highest BCUT2D eigenvalue weighted by molar-refractivity contribution is 5.91. The fourth-order valence-electron chi connectivity index (χ4n) is 4.58. The maximum Gasteiger partial charge on any atom is 0.242 e. The number of nitrogens with one attached hydrogen (secondary N) is 2. The zero-order chi connectivity index (χ0) is 22.9. The van der Waals surface area contributed by atoms with E-state index in [1.165, 1.54) is 6.42 Å². The first-order chi connectivity index (χ1) is 15.5. The van der Waals surface area contributed by atoms with Crippen LogP contribution in [0.15, 0.2) is 30.5 Å². The average Bonchev–Trinajstić information content (AvgIpc) is 3.11. The minimum absolute atomic E-state index is 0.00663. The molecule has 0 aliphatic carbocycles. The van der Waals surface area contributed by atoms with Gasteiger partial charge in [0, 0.05) is 48.9 Å². The van der Waals surface area contributed by atoms with Gasteiger partial charge in [0.1, 0.15) is 6.04 Å². The van der Waals surface area contributed by atoms with Crippen LogP contribution < -0.4 is 16.4 Å². The topological polar surface area (TPSA) is 106 Å². The Labute approximate surface area is 190 Å². The number of amides is 3. The van der Waals surface area contributed by atoms with E-state index in [0.29, 0.717) is 19.4 Å². The third kappa shape index (κ3) is 6.34. The maximum absolute atomic E-state index is 13.1. The lowest BCUT2D eigenvalue weighted by Gasteiger charge is -2.22. The average molecular weight is 441 g/mol. The van der Waals surface area contributed by atoms with Crippen LogP contribution in [0.4, 0.5) is 0 Å². The molecule has 2 aromatic rings. The van der Waals surface area contributed by atoms with Crippen LogP contribution in [0.2, 0.25) is 0 Å². The van der Waals surface area contributed by atoms with Crippen molar-refractivity contribution in [3.05, 3.63) is 36.0 Å². The molecule has 2 unspecified atom stereocenters. The molecule has 0 fully saturated rings. The second-order valence-corrected chi connectivity index (χ2v) is 8.85. The Balaban J connectivity index is 1.88. The number of para-hydroxylation sites is 1. The smallest absolute Gasteiger partial charge is 0.242 e. The van der Waals surface area contributed by atoms with Gasteiger partial charge in [-0.2, -0.15) is 0 Å². The first-order valence-electron chi connectivity index (χ1n) is 11.9. The number of hydrogen-bond acceptors (Lipinski definition) is 3. The predicted molar refractivity (Wildman–Crippen MR) is 126 cm³/mol. The number of aromatic nitrogens is 1. The number of carbonyl (C=O) groups excluding carboxylic acids is 3. The lowest BCUT2D eigenvalue weighted by molar-refractivity contribution is -0.133. The summed E-state index contributed by atoms with van der Waals surface area (Å²) in [5.41, 5.74) is 7.55. The molecule has 174 valence electrons. The van der Waals surface area contributed by atoms with E-state index < -0.39 is 17.9 Å². The van der Waals surface area contributed by atoms with Gasteiger partial charge < -0.3 is 20.9 Å². The summed E-state index contributed by atoms with van der Waals surface area (Å²) in [7, 11) is 0. The molecule has 2 bridgehead atoms. The third-order valence-corrected chi connectivity index (χ3v) is 6.26. The van der Waals surface area contributed by atoms with E-state index in [1.807, 2.05) is 19.1 Å². The number of primary amides is 1. The van der Waals surface area contributed by atoms with Crippen molar-refractivity contribution in [3.63, 3.8) is 0 Å². The van der Waals surface area contributed by atoms with E-state index in [9.17, 15) is 14.4 Å². The van der Waals surface area contributed by atoms with Crippen molar-refractivity contribution in [2.24, 2.45) is 11.7 Å². The number of nitrogens with two attached hydrogens (primary N) is 1. The molecule has 1 aromatic heterocycles. The van der Waals surface area contributed by atoms with Gasteiger partial charge in [-0.3, -0.25) is 14.4 Å². The van der Waals surface area contributed by atoms with Crippen molar-refractivity contribution < 1.29 is 14.4 Å². The first kappa shape index (κ1) is 23.8. The molecule has 0 radical (unpaired) electrons. The molecule has 2 atom stereocenters. The van der Waals surface area contributed by atoms with Crippen molar-refractivity contribution in [2.75, 3.05) is 6.54 Å². The van der Waals surface area contributed by atoms with Crippen LogP contribution in [0, 0.1) is 5.92 Å². The summed E-state index contributed by atoms with van der Waals surface area (Å²) >= 11 is 0. The number of fused-ring (bicyclic) bond motifs is 5. The quantitative estimate of drug-likeness (QED) is 0.643. The molecule has 7 nitrogen and oxygen atoms in total. The van der Waals surface area contributed by atoms with Crippen molar-refractivity contribution in [3.8, 4) is 0 Å². The van der Waals surface area contributed by atoms with Crippen molar-refractivity contribution in [2.45, 2.75) is 77.3 Å². The Morgan fingerprint density at radius 2 is 1.94 bits per heavy atom. The van der Waals surface area contributed by atoms with E-state index in [4.69, 9.17) is 5.73 Å². The molecular weight excluding hydrogens is 404 g/mol. The number of rotatable bonds is 6. The lowest BCUT2D eigenvalue weighted by atomic mass is 9.97. The summed E-state index contributed by atoms with van der Waals surface area (Å²) in [6.45, 7) is 3.51. The molecule has 3 amide bonds. The highest BCUT2D eigenvalue weighted by Crippen LogP contribution is 2.24. The summed E-state index contributed by atoms with van der Waals surface area (Å²) in [6.07, 6.45) is 9.28. The van der Waals surface area contributed by atoms with Gasteiger partial charge in [-0.1, -0.05) is 50.8 Å². The molecule has 7 heteroatoms. The first-order valence-corrected chi connectivity index (χ1v) is 11.9. The highest BCUT2D eigenvalue weighted by Gasteiger charge is 2.27. The molecule has 2 heterocycles. The van der Waals surface area contributed by atoms with Crippen LogP contribution >= 0.6 is 0 Å². The normalized spacial score (nSPS) is 19.0. The van der Waals surface area contributed by atoms with E-state index >= 15 is 0 Å². The van der Waals surface area contributed by atoms with Crippen LogP contribution in [-0.4, -0.2) is 34.9 Å². The summed E-state index contributed by atoms with van der Waals surface area (Å²) in [4.78, 5) is 37.5. The monoisotopic (exact) mass is 440 g/mol. The molecule has 3 rings (SSSR count). The van der Waals surface area contributed by atoms with Crippen LogP contribution in [0.3, 0.4) is 0 Å². The molecule has 1 aliphatic rings. The Hall–Kier alpha value is -2.83. The number of carbonyl (C=O) groups is 3. The number of hydrogen-bond donors (Lipinski definition) is 3. The molecule has 1 aromatic carbocycles. The van der Waals surface area contributed by atoms with Gasteiger partial charge in [0.2, 0.25) is 17.7 Å². The Morgan fingerprint density at radius 1 is 1.19 bits per heavy atom. The zero-order valence-corrected chi connectivity index (χ0v) is 19.1. The molecular formula is C25H36N4O3. The van der Waals surface area contributed by atoms with Gasteiger partial charge in [0.15, 0.2) is 0 Å². The fraction of sp³-hybridized carbons (Fsp3) is 0.560. The predicted octanol–water partition coefficient (Wildman–Crippen LogP) is 3.04. The molecule has 0 saturated heterocycles. The van der Waals surface area contributed by atoms with Crippen molar-refractivity contribution in [1.29, 1.82) is 0 Å². The molecule has 0 saturated carbocycles. The van der Waals surface area contributed by atoms with Gasteiger partial charge in [0.05, 0.1) is 0 Å². The van der Waals surface area contributed by atoms with E-state index in [-0.39, 0.29) is 18.2 Å². The Morgan fingerprint density at radius 3 is 2.72 bits per heavy atom. The van der Waals surface area contributed by atoms with E-state index in [2.05, 4.69) is 33.5 Å². The van der Waals surface area contributed by atoms with E-state index in [0.717, 1.165) is 55.1 Å². The SMILES string of the molecule is CCCC(CC(N)=O)C(=O)NC1Cc2cn(c3ccccc23)CCCCCCCNC1=O. The third-order valence-electron chi connectivity index (χ3n) is 6.26.